The Bertz CT molecular complexity index is 989. The largest absolute Gasteiger partial charge is 0.370 e. The van der Waals surface area contributed by atoms with Crippen molar-refractivity contribution in [3.8, 4) is 0 Å². The normalized spacial score (nSPS) is 13.4. The van der Waals surface area contributed by atoms with E-state index in [0.717, 1.165) is 24.1 Å². The number of guanidine groups is 2. The second-order valence-corrected chi connectivity index (χ2v) is 6.88. The first-order valence-corrected chi connectivity index (χ1v) is 9.23. The highest BCUT2D eigenvalue weighted by Gasteiger charge is 2.16. The molecule has 150 valence electrons. The van der Waals surface area contributed by atoms with Crippen LogP contribution in [0, 0.1) is 12.3 Å². The van der Waals surface area contributed by atoms with E-state index in [4.69, 9.17) is 22.6 Å². The molecule has 29 heavy (non-hydrogen) atoms. The lowest BCUT2D eigenvalue weighted by Gasteiger charge is -2.26. The number of anilines is 1. The fourth-order valence-corrected chi connectivity index (χ4v) is 3.24. The molecule has 1 heterocycles. The first-order chi connectivity index (χ1) is 13.8. The minimum Gasteiger partial charge on any atom is -0.370 e. The molecule has 0 saturated heterocycles. The van der Waals surface area contributed by atoms with Gasteiger partial charge in [0.1, 0.15) is 0 Å². The summed E-state index contributed by atoms with van der Waals surface area (Å²) in [5.41, 5.74) is 21.3. The van der Waals surface area contributed by atoms with Crippen LogP contribution in [0.2, 0.25) is 0 Å². The van der Waals surface area contributed by atoms with Crippen molar-refractivity contribution in [1.29, 1.82) is 5.41 Å². The lowest BCUT2D eigenvalue weighted by Crippen LogP contribution is -2.39. The molecule has 1 amide bonds. The highest BCUT2D eigenvalue weighted by molar-refractivity contribution is 6.05. The lowest BCUT2D eigenvalue weighted by atomic mass is 9.95. The number of aryl methyl sites for hydroxylation is 1. The van der Waals surface area contributed by atoms with Gasteiger partial charge in [-0.1, -0.05) is 18.2 Å². The van der Waals surface area contributed by atoms with Gasteiger partial charge in [-0.15, -0.1) is 0 Å². The van der Waals surface area contributed by atoms with Crippen LogP contribution in [0.5, 0.6) is 0 Å². The van der Waals surface area contributed by atoms with Crippen LogP contribution in [-0.2, 0) is 0 Å². The Balaban J connectivity index is 1.71. The van der Waals surface area contributed by atoms with E-state index in [1.165, 1.54) is 5.57 Å². The van der Waals surface area contributed by atoms with Gasteiger partial charge in [0, 0.05) is 24.3 Å². The number of rotatable bonds is 4. The number of amides is 1. The van der Waals surface area contributed by atoms with Crippen molar-refractivity contribution in [2.75, 3.05) is 18.4 Å². The van der Waals surface area contributed by atoms with Crippen molar-refractivity contribution in [2.24, 2.45) is 22.2 Å². The third-order valence-electron chi connectivity index (χ3n) is 4.78. The van der Waals surface area contributed by atoms with Gasteiger partial charge in [-0.25, -0.2) is 4.99 Å². The quantitative estimate of drug-likeness (QED) is 0.400. The van der Waals surface area contributed by atoms with E-state index in [9.17, 15) is 4.79 Å². The van der Waals surface area contributed by atoms with Crippen LogP contribution in [0.3, 0.4) is 0 Å². The van der Waals surface area contributed by atoms with Crippen molar-refractivity contribution >= 4 is 34.8 Å². The van der Waals surface area contributed by atoms with E-state index in [-0.39, 0.29) is 17.8 Å². The van der Waals surface area contributed by atoms with E-state index in [1.54, 1.807) is 24.3 Å². The molecule has 0 saturated carbocycles. The summed E-state index contributed by atoms with van der Waals surface area (Å²) in [7, 11) is 0. The van der Waals surface area contributed by atoms with Crippen molar-refractivity contribution in [1.82, 2.24) is 4.90 Å². The zero-order valence-corrected chi connectivity index (χ0v) is 16.3. The summed E-state index contributed by atoms with van der Waals surface area (Å²) in [6, 6.07) is 12.8. The van der Waals surface area contributed by atoms with Gasteiger partial charge in [0.25, 0.3) is 5.91 Å². The van der Waals surface area contributed by atoms with Gasteiger partial charge in [0.05, 0.1) is 5.69 Å². The number of nitrogens with two attached hydrogens (primary N) is 3. The molecule has 2 aromatic carbocycles. The third-order valence-corrected chi connectivity index (χ3v) is 4.78. The smallest absolute Gasteiger partial charge is 0.255 e. The Hall–Kier alpha value is -3.81. The molecule has 0 unspecified atom stereocenters. The maximum Gasteiger partial charge on any atom is 0.255 e. The maximum atomic E-state index is 12.7. The molecule has 0 radical (unpaired) electrons. The molecule has 3 rings (SSSR count). The number of hydrogen-bond donors (Lipinski definition) is 5. The number of carbonyl (C=O) groups excluding carboxylic acids is 1. The summed E-state index contributed by atoms with van der Waals surface area (Å²) in [5, 5.41) is 10.4. The van der Waals surface area contributed by atoms with Crippen LogP contribution < -0.4 is 22.5 Å². The molecule has 0 aliphatic carbocycles. The Labute approximate surface area is 169 Å². The van der Waals surface area contributed by atoms with Crippen LogP contribution >= 0.6 is 0 Å². The first-order valence-electron chi connectivity index (χ1n) is 9.23. The summed E-state index contributed by atoms with van der Waals surface area (Å²) < 4.78 is 0. The van der Waals surface area contributed by atoms with Crippen LogP contribution in [0.15, 0.2) is 53.5 Å². The topological polar surface area (TPSA) is 147 Å². The molecule has 8 heteroatoms. The maximum absolute atomic E-state index is 12.7. The zero-order chi connectivity index (χ0) is 21.0. The summed E-state index contributed by atoms with van der Waals surface area (Å²) in [6.45, 7) is 3.27. The average molecular weight is 391 g/mol. The minimum atomic E-state index is -0.177. The zero-order valence-electron chi connectivity index (χ0n) is 16.3. The van der Waals surface area contributed by atoms with Gasteiger partial charge in [-0.2, -0.15) is 0 Å². The van der Waals surface area contributed by atoms with E-state index in [0.29, 0.717) is 23.5 Å². The summed E-state index contributed by atoms with van der Waals surface area (Å²) in [4.78, 5) is 18.4. The molecule has 8 N–H and O–H groups in total. The molecule has 0 bridgehead atoms. The fraction of sp³-hybridized carbons (Fsp3) is 0.190. The summed E-state index contributed by atoms with van der Waals surface area (Å²) in [5.74, 6) is -0.0987. The van der Waals surface area contributed by atoms with Gasteiger partial charge in [0.2, 0.25) is 0 Å². The van der Waals surface area contributed by atoms with Gasteiger partial charge < -0.3 is 27.4 Å². The van der Waals surface area contributed by atoms with Crippen molar-refractivity contribution in [3.63, 3.8) is 0 Å². The van der Waals surface area contributed by atoms with Crippen LogP contribution in [0.4, 0.5) is 11.4 Å². The number of aliphatic imine (C=N–C) groups is 1. The highest BCUT2D eigenvalue weighted by Crippen LogP contribution is 2.25. The number of nitrogens with one attached hydrogen (secondary N) is 2. The first kappa shape index (κ1) is 19.9. The van der Waals surface area contributed by atoms with Gasteiger partial charge >= 0.3 is 0 Å². The molecule has 0 atom stereocenters. The number of hydrogen-bond acceptors (Lipinski definition) is 3. The monoisotopic (exact) mass is 391 g/mol. The predicted molar refractivity (Wildman–Crippen MR) is 117 cm³/mol. The van der Waals surface area contributed by atoms with Gasteiger partial charge in [-0.3, -0.25) is 10.2 Å². The minimum absolute atomic E-state index is 0.0143. The molecule has 0 spiro atoms. The second-order valence-electron chi connectivity index (χ2n) is 6.88. The highest BCUT2D eigenvalue weighted by atomic mass is 16.1. The second kappa shape index (κ2) is 8.47. The van der Waals surface area contributed by atoms with Crippen LogP contribution in [0.25, 0.3) is 5.57 Å². The summed E-state index contributed by atoms with van der Waals surface area (Å²) in [6.07, 6.45) is 2.89. The molecular formula is C21H25N7O. The Morgan fingerprint density at radius 2 is 1.86 bits per heavy atom. The van der Waals surface area contributed by atoms with Gasteiger partial charge in [-0.05, 0) is 60.4 Å². The molecule has 0 fully saturated rings. The van der Waals surface area contributed by atoms with Crippen LogP contribution in [-0.4, -0.2) is 35.8 Å². The Morgan fingerprint density at radius 1 is 1.14 bits per heavy atom. The van der Waals surface area contributed by atoms with Gasteiger partial charge in [0.15, 0.2) is 11.9 Å². The Morgan fingerprint density at radius 3 is 2.41 bits per heavy atom. The lowest BCUT2D eigenvalue weighted by molar-refractivity contribution is 0.102. The average Bonchev–Trinajstić information content (AvgIpc) is 2.69. The van der Waals surface area contributed by atoms with Crippen molar-refractivity contribution in [3.05, 3.63) is 65.2 Å². The van der Waals surface area contributed by atoms with Crippen LogP contribution in [0.1, 0.15) is 27.9 Å². The van der Waals surface area contributed by atoms with Crippen molar-refractivity contribution < 1.29 is 4.79 Å². The van der Waals surface area contributed by atoms with E-state index < -0.39 is 0 Å². The third kappa shape index (κ3) is 4.92. The molecule has 8 nitrogen and oxygen atoms in total. The number of nitrogens with zero attached hydrogens (tertiary/aromatic N) is 2. The predicted octanol–water partition coefficient (Wildman–Crippen LogP) is 2.13. The fourth-order valence-electron chi connectivity index (χ4n) is 3.24. The Kier molecular flexibility index (Phi) is 5.82. The molecule has 0 aromatic heterocycles. The van der Waals surface area contributed by atoms with E-state index >= 15 is 0 Å². The molecule has 1 aliphatic heterocycles. The standard InChI is InChI=1S/C21H25N7O/c1-13-12-15(14-8-10-28(11-9-14)21(24)25)2-7-18(13)19(29)26-16-3-5-17(6-4-16)27-20(22)23/h2-8,12H,9-11H2,1H3,(H3,24,25)(H,26,29)(H4,22,23,27). The van der Waals surface area contributed by atoms with E-state index in [2.05, 4.69) is 16.4 Å². The molecule has 1 aliphatic rings. The summed E-state index contributed by atoms with van der Waals surface area (Å²) >= 11 is 0. The number of carbonyl (C=O) groups is 1. The number of benzene rings is 2. The van der Waals surface area contributed by atoms with Crippen molar-refractivity contribution in [2.45, 2.75) is 13.3 Å². The molecular weight excluding hydrogens is 366 g/mol. The van der Waals surface area contributed by atoms with E-state index in [1.807, 2.05) is 30.0 Å². The SMILES string of the molecule is Cc1cc(C2=CCN(C(=N)N)CC2)ccc1C(=O)Nc1ccc(N=C(N)N)cc1. The molecule has 2 aromatic rings.